The predicted molar refractivity (Wildman–Crippen MR) is 119 cm³/mol. The molecule has 0 unspecified atom stereocenters. The third-order valence-corrected chi connectivity index (χ3v) is 5.94. The van der Waals surface area contributed by atoms with E-state index in [9.17, 15) is 0 Å². The molecule has 1 heterocycles. The lowest BCUT2D eigenvalue weighted by Crippen LogP contribution is -2.15. The van der Waals surface area contributed by atoms with Gasteiger partial charge in [-0.1, -0.05) is 47.6 Å². The van der Waals surface area contributed by atoms with Crippen molar-refractivity contribution in [1.29, 1.82) is 0 Å². The van der Waals surface area contributed by atoms with E-state index < -0.39 is 0 Å². The van der Waals surface area contributed by atoms with Gasteiger partial charge >= 0.3 is 0 Å². The lowest BCUT2D eigenvalue weighted by atomic mass is 10.1. The van der Waals surface area contributed by atoms with Crippen LogP contribution in [0.1, 0.15) is 23.1 Å². The highest BCUT2D eigenvalue weighted by Crippen LogP contribution is 2.37. The number of hydrogen-bond acceptors (Lipinski definition) is 7. The van der Waals surface area contributed by atoms with Gasteiger partial charge in [-0.15, -0.1) is 5.10 Å². The number of rotatable bonds is 11. The first-order chi connectivity index (χ1) is 14.6. The van der Waals surface area contributed by atoms with E-state index >= 15 is 0 Å². The summed E-state index contributed by atoms with van der Waals surface area (Å²) in [6, 6.07) is 12.0. The number of aromatic nitrogens is 4. The lowest BCUT2D eigenvalue weighted by Gasteiger charge is -2.15. The van der Waals surface area contributed by atoms with Crippen LogP contribution in [-0.2, 0) is 20.2 Å². The molecular formula is C21H26ClN5O2S. The highest BCUT2D eigenvalue weighted by Gasteiger charge is 2.13. The number of aryl methyl sites for hydroxylation is 2. The zero-order chi connectivity index (χ0) is 21.3. The van der Waals surface area contributed by atoms with Crippen LogP contribution in [-0.4, -0.2) is 39.6 Å². The lowest BCUT2D eigenvalue weighted by molar-refractivity contribution is 0.284. The molecule has 3 rings (SSSR count). The van der Waals surface area contributed by atoms with E-state index in [-0.39, 0.29) is 0 Å². The van der Waals surface area contributed by atoms with E-state index in [0.717, 1.165) is 35.0 Å². The van der Waals surface area contributed by atoms with Gasteiger partial charge in [0.15, 0.2) is 11.5 Å². The van der Waals surface area contributed by atoms with Crippen LogP contribution >= 0.6 is 23.4 Å². The van der Waals surface area contributed by atoms with Gasteiger partial charge in [-0.3, -0.25) is 0 Å². The third-order valence-electron chi connectivity index (χ3n) is 4.56. The Bertz CT molecular complexity index is 966. The quantitative estimate of drug-likeness (QED) is 0.351. The summed E-state index contributed by atoms with van der Waals surface area (Å²) in [4.78, 5) is 0. The Morgan fingerprint density at radius 1 is 1.23 bits per heavy atom. The molecule has 160 valence electrons. The first-order valence-electron chi connectivity index (χ1n) is 9.68. The molecular weight excluding hydrogens is 422 g/mol. The first kappa shape index (κ1) is 22.4. The summed E-state index contributed by atoms with van der Waals surface area (Å²) >= 11 is 8.14. The predicted octanol–water partition coefficient (Wildman–Crippen LogP) is 4.03. The average molecular weight is 448 g/mol. The molecule has 0 amide bonds. The Morgan fingerprint density at radius 2 is 2.07 bits per heavy atom. The largest absolute Gasteiger partial charge is 0.493 e. The molecule has 2 aromatic carbocycles. The van der Waals surface area contributed by atoms with Gasteiger partial charge in [0.1, 0.15) is 6.61 Å². The van der Waals surface area contributed by atoms with E-state index in [1.807, 2.05) is 37.4 Å². The molecule has 9 heteroatoms. The summed E-state index contributed by atoms with van der Waals surface area (Å²) in [5.41, 5.74) is 3.35. The summed E-state index contributed by atoms with van der Waals surface area (Å²) in [6.07, 6.45) is 1.00. The summed E-state index contributed by atoms with van der Waals surface area (Å²) in [6.45, 7) is 4.09. The second kappa shape index (κ2) is 11.2. The monoisotopic (exact) mass is 447 g/mol. The number of benzene rings is 2. The number of methoxy groups -OCH3 is 1. The van der Waals surface area contributed by atoms with E-state index in [0.29, 0.717) is 29.7 Å². The van der Waals surface area contributed by atoms with Gasteiger partial charge in [0.05, 0.1) is 12.1 Å². The highest BCUT2D eigenvalue weighted by atomic mass is 35.5. The van der Waals surface area contributed by atoms with Crippen molar-refractivity contribution < 1.29 is 9.47 Å². The van der Waals surface area contributed by atoms with Crippen LogP contribution in [0.5, 0.6) is 11.5 Å². The van der Waals surface area contributed by atoms with Gasteiger partial charge in [0.2, 0.25) is 5.16 Å². The fourth-order valence-corrected chi connectivity index (χ4v) is 3.95. The Hall–Kier alpha value is -2.29. The van der Waals surface area contributed by atoms with Crippen molar-refractivity contribution in [2.45, 2.75) is 31.7 Å². The number of thioether (sulfide) groups is 1. The maximum absolute atomic E-state index is 6.50. The second-order valence-corrected chi connectivity index (χ2v) is 8.26. The molecule has 0 bridgehead atoms. The number of halogens is 1. The van der Waals surface area contributed by atoms with Gasteiger partial charge in [0.25, 0.3) is 0 Å². The van der Waals surface area contributed by atoms with Crippen LogP contribution in [0.4, 0.5) is 0 Å². The molecule has 30 heavy (non-hydrogen) atoms. The summed E-state index contributed by atoms with van der Waals surface area (Å²) in [5, 5.41) is 16.2. The van der Waals surface area contributed by atoms with E-state index in [1.54, 1.807) is 23.6 Å². The smallest absolute Gasteiger partial charge is 0.209 e. The summed E-state index contributed by atoms with van der Waals surface area (Å²) in [7, 11) is 3.47. The van der Waals surface area contributed by atoms with E-state index in [4.69, 9.17) is 21.1 Å². The molecule has 0 saturated heterocycles. The molecule has 0 atom stereocenters. The van der Waals surface area contributed by atoms with Crippen molar-refractivity contribution in [3.05, 3.63) is 58.1 Å². The van der Waals surface area contributed by atoms with E-state index in [2.05, 4.69) is 33.8 Å². The molecule has 1 aromatic heterocycles. The van der Waals surface area contributed by atoms with Crippen molar-refractivity contribution >= 4 is 23.4 Å². The standard InChI is InChI=1S/C21H26ClN5O2S/c1-15-7-4-5-8-17(15)14-29-20-18(22)11-16(12-19(20)28-3)13-23-9-6-10-30-21-24-25-26-27(21)2/h4-5,7-8,11-12,23H,6,9-10,13-14H2,1-3H3. The van der Waals surface area contributed by atoms with Gasteiger partial charge < -0.3 is 14.8 Å². The zero-order valence-corrected chi connectivity index (χ0v) is 19.0. The minimum absolute atomic E-state index is 0.444. The molecule has 0 spiro atoms. The molecule has 0 radical (unpaired) electrons. The third kappa shape index (κ3) is 6.10. The maximum Gasteiger partial charge on any atom is 0.209 e. The minimum atomic E-state index is 0.444. The van der Waals surface area contributed by atoms with Crippen LogP contribution in [0.3, 0.4) is 0 Å². The molecule has 0 fully saturated rings. The first-order valence-corrected chi connectivity index (χ1v) is 11.0. The Balaban J connectivity index is 1.49. The molecule has 0 aliphatic rings. The second-order valence-electron chi connectivity index (χ2n) is 6.79. The maximum atomic E-state index is 6.50. The van der Waals surface area contributed by atoms with Crippen LogP contribution < -0.4 is 14.8 Å². The SMILES string of the molecule is COc1cc(CNCCCSc2nnnn2C)cc(Cl)c1OCc1ccccc1C. The van der Waals surface area contributed by atoms with Gasteiger partial charge in [-0.25, -0.2) is 4.68 Å². The average Bonchev–Trinajstić information content (AvgIpc) is 3.15. The minimum Gasteiger partial charge on any atom is -0.493 e. The Labute approximate surface area is 186 Å². The van der Waals surface area contributed by atoms with Crippen molar-refractivity contribution in [3.8, 4) is 11.5 Å². The molecule has 0 aliphatic heterocycles. The van der Waals surface area contributed by atoms with Crippen molar-refractivity contribution in [2.24, 2.45) is 7.05 Å². The normalized spacial score (nSPS) is 10.9. The van der Waals surface area contributed by atoms with Gasteiger partial charge in [0, 0.05) is 19.3 Å². The summed E-state index contributed by atoms with van der Waals surface area (Å²) < 4.78 is 13.2. The zero-order valence-electron chi connectivity index (χ0n) is 17.4. The molecule has 0 aliphatic carbocycles. The molecule has 7 nitrogen and oxygen atoms in total. The van der Waals surface area contributed by atoms with Crippen molar-refractivity contribution in [1.82, 2.24) is 25.5 Å². The topological polar surface area (TPSA) is 74.1 Å². The van der Waals surface area contributed by atoms with E-state index in [1.165, 1.54) is 5.56 Å². The molecule has 3 aromatic rings. The van der Waals surface area contributed by atoms with Crippen LogP contribution in [0.2, 0.25) is 5.02 Å². The van der Waals surface area contributed by atoms with Crippen molar-refractivity contribution in [3.63, 3.8) is 0 Å². The van der Waals surface area contributed by atoms with Crippen molar-refractivity contribution in [2.75, 3.05) is 19.4 Å². The van der Waals surface area contributed by atoms with Crippen LogP contribution in [0.15, 0.2) is 41.6 Å². The molecule has 0 saturated carbocycles. The fourth-order valence-electron chi connectivity index (χ4n) is 2.87. The van der Waals surface area contributed by atoms with Gasteiger partial charge in [-0.05, 0) is 59.1 Å². The number of nitrogens with one attached hydrogen (secondary N) is 1. The Kier molecular flexibility index (Phi) is 8.36. The Morgan fingerprint density at radius 3 is 2.80 bits per heavy atom. The highest BCUT2D eigenvalue weighted by molar-refractivity contribution is 7.99. The van der Waals surface area contributed by atoms with Crippen LogP contribution in [0.25, 0.3) is 0 Å². The number of ether oxygens (including phenoxy) is 2. The number of tetrazole rings is 1. The number of nitrogens with zero attached hydrogens (tertiary/aromatic N) is 4. The van der Waals surface area contributed by atoms with Crippen LogP contribution in [0, 0.1) is 6.92 Å². The van der Waals surface area contributed by atoms with Gasteiger partial charge in [-0.2, -0.15) is 0 Å². The molecule has 1 N–H and O–H groups in total. The summed E-state index contributed by atoms with van der Waals surface area (Å²) in [5.74, 6) is 2.15. The number of hydrogen-bond donors (Lipinski definition) is 1. The fraction of sp³-hybridized carbons (Fsp3) is 0.381.